The smallest absolute Gasteiger partial charge is 0.151 e. The van der Waals surface area contributed by atoms with Crippen molar-refractivity contribution in [2.45, 2.75) is 58.7 Å². The monoisotopic (exact) mass is 274 g/mol. The highest BCUT2D eigenvalue weighted by molar-refractivity contribution is 5.39. The first-order valence-corrected chi connectivity index (χ1v) is 7.96. The van der Waals surface area contributed by atoms with Crippen LogP contribution in [0.15, 0.2) is 12.1 Å². The molecule has 3 rings (SSSR count). The second kappa shape index (κ2) is 5.68. The summed E-state index contributed by atoms with van der Waals surface area (Å²) in [5.74, 6) is 2.49. The lowest BCUT2D eigenvalue weighted by Crippen LogP contribution is -2.46. The minimum Gasteiger partial charge on any atom is -0.352 e. The van der Waals surface area contributed by atoms with Gasteiger partial charge in [0, 0.05) is 25.2 Å². The Morgan fingerprint density at radius 2 is 2.00 bits per heavy atom. The van der Waals surface area contributed by atoms with Crippen LogP contribution in [0.4, 0.5) is 5.82 Å². The van der Waals surface area contributed by atoms with E-state index in [1.54, 1.807) is 0 Å². The quantitative estimate of drug-likeness (QED) is 0.916. The van der Waals surface area contributed by atoms with Gasteiger partial charge in [-0.05, 0) is 50.2 Å². The molecule has 1 N–H and O–H groups in total. The van der Waals surface area contributed by atoms with Crippen LogP contribution in [0.25, 0.3) is 0 Å². The Balaban J connectivity index is 1.66. The zero-order valence-electron chi connectivity index (χ0n) is 12.8. The summed E-state index contributed by atoms with van der Waals surface area (Å²) >= 11 is 0. The minimum atomic E-state index is 0.552. The summed E-state index contributed by atoms with van der Waals surface area (Å²) in [6, 6.07) is 5.53. The SMILES string of the molecule is CC1CC(C)C(C)N(c2ccc(CNC3CC3)nn2)C1. The molecule has 2 fully saturated rings. The fourth-order valence-corrected chi connectivity index (χ4v) is 3.15. The van der Waals surface area contributed by atoms with Crippen molar-refractivity contribution in [3.8, 4) is 0 Å². The molecule has 0 amide bonds. The minimum absolute atomic E-state index is 0.552. The van der Waals surface area contributed by atoms with Crippen molar-refractivity contribution in [3.05, 3.63) is 17.8 Å². The van der Waals surface area contributed by atoms with Gasteiger partial charge in [-0.2, -0.15) is 5.10 Å². The molecule has 4 nitrogen and oxygen atoms in total. The van der Waals surface area contributed by atoms with Gasteiger partial charge in [-0.3, -0.25) is 0 Å². The lowest BCUT2D eigenvalue weighted by molar-refractivity contribution is 0.295. The van der Waals surface area contributed by atoms with E-state index < -0.39 is 0 Å². The van der Waals surface area contributed by atoms with Crippen LogP contribution in [0.5, 0.6) is 0 Å². The molecule has 20 heavy (non-hydrogen) atoms. The molecular formula is C16H26N4. The number of hydrogen-bond acceptors (Lipinski definition) is 4. The van der Waals surface area contributed by atoms with Gasteiger partial charge < -0.3 is 10.2 Å². The van der Waals surface area contributed by atoms with Gasteiger partial charge in [0.15, 0.2) is 5.82 Å². The van der Waals surface area contributed by atoms with Gasteiger partial charge >= 0.3 is 0 Å². The summed E-state index contributed by atoms with van der Waals surface area (Å²) in [4.78, 5) is 2.42. The van der Waals surface area contributed by atoms with E-state index in [0.29, 0.717) is 6.04 Å². The lowest BCUT2D eigenvalue weighted by atomic mass is 9.86. The predicted molar refractivity (Wildman–Crippen MR) is 81.6 cm³/mol. The maximum Gasteiger partial charge on any atom is 0.151 e. The first kappa shape index (κ1) is 13.8. The number of nitrogens with zero attached hydrogens (tertiary/aromatic N) is 3. The van der Waals surface area contributed by atoms with Crippen molar-refractivity contribution in [2.75, 3.05) is 11.4 Å². The van der Waals surface area contributed by atoms with Gasteiger partial charge in [0.1, 0.15) is 0 Å². The molecule has 3 atom stereocenters. The van der Waals surface area contributed by atoms with Crippen LogP contribution < -0.4 is 10.2 Å². The summed E-state index contributed by atoms with van der Waals surface area (Å²) in [6.07, 6.45) is 3.94. The third kappa shape index (κ3) is 3.11. The molecule has 2 aliphatic rings. The number of nitrogens with one attached hydrogen (secondary N) is 1. The van der Waals surface area contributed by atoms with E-state index in [2.05, 4.69) is 53.3 Å². The van der Waals surface area contributed by atoms with Crippen LogP contribution in [0, 0.1) is 11.8 Å². The van der Waals surface area contributed by atoms with E-state index in [4.69, 9.17) is 0 Å². The van der Waals surface area contributed by atoms with E-state index in [1.165, 1.54) is 19.3 Å². The summed E-state index contributed by atoms with van der Waals surface area (Å²) in [6.45, 7) is 8.92. The Morgan fingerprint density at radius 1 is 1.20 bits per heavy atom. The molecule has 3 unspecified atom stereocenters. The number of aromatic nitrogens is 2. The number of hydrogen-bond donors (Lipinski definition) is 1. The van der Waals surface area contributed by atoms with Crippen LogP contribution in [0.1, 0.15) is 45.7 Å². The zero-order chi connectivity index (χ0) is 14.1. The van der Waals surface area contributed by atoms with Crippen LogP contribution in [0.3, 0.4) is 0 Å². The maximum atomic E-state index is 4.46. The molecule has 1 aromatic heterocycles. The zero-order valence-corrected chi connectivity index (χ0v) is 12.8. The molecule has 0 bridgehead atoms. The van der Waals surface area contributed by atoms with Crippen molar-refractivity contribution < 1.29 is 0 Å². The molecule has 110 valence electrons. The molecular weight excluding hydrogens is 248 g/mol. The van der Waals surface area contributed by atoms with E-state index in [-0.39, 0.29) is 0 Å². The van der Waals surface area contributed by atoms with Gasteiger partial charge in [0.2, 0.25) is 0 Å². The highest BCUT2D eigenvalue weighted by Gasteiger charge is 2.29. The van der Waals surface area contributed by atoms with Crippen molar-refractivity contribution >= 4 is 5.82 Å². The average Bonchev–Trinajstić information content (AvgIpc) is 3.25. The van der Waals surface area contributed by atoms with Crippen LogP contribution in [-0.2, 0) is 6.54 Å². The highest BCUT2D eigenvalue weighted by Crippen LogP contribution is 2.29. The Labute approximate surface area is 122 Å². The molecule has 1 aliphatic carbocycles. The first-order chi connectivity index (χ1) is 9.63. The van der Waals surface area contributed by atoms with Crippen molar-refractivity contribution in [3.63, 3.8) is 0 Å². The normalized spacial score (nSPS) is 30.6. The van der Waals surface area contributed by atoms with Gasteiger partial charge in [-0.1, -0.05) is 13.8 Å². The first-order valence-electron chi connectivity index (χ1n) is 7.96. The maximum absolute atomic E-state index is 4.46. The fourth-order valence-electron chi connectivity index (χ4n) is 3.15. The molecule has 0 radical (unpaired) electrons. The molecule has 1 saturated carbocycles. The Kier molecular flexibility index (Phi) is 3.92. The number of rotatable bonds is 4. The van der Waals surface area contributed by atoms with Gasteiger partial charge in [0.05, 0.1) is 5.69 Å². The van der Waals surface area contributed by atoms with Gasteiger partial charge in [-0.25, -0.2) is 0 Å². The molecule has 1 aromatic rings. The summed E-state index contributed by atoms with van der Waals surface area (Å²) in [5, 5.41) is 12.3. The molecule has 2 heterocycles. The largest absolute Gasteiger partial charge is 0.352 e. The third-order valence-electron chi connectivity index (χ3n) is 4.75. The standard InChI is InChI=1S/C16H26N4/c1-11-8-12(2)13(3)20(10-11)16-7-6-15(18-19-16)9-17-14-4-5-14/h6-7,11-14,17H,4-5,8-10H2,1-3H3. The van der Waals surface area contributed by atoms with Crippen molar-refractivity contribution in [1.82, 2.24) is 15.5 Å². The molecule has 0 aromatic carbocycles. The summed E-state index contributed by atoms with van der Waals surface area (Å²) in [7, 11) is 0. The number of anilines is 1. The fraction of sp³-hybridized carbons (Fsp3) is 0.750. The average molecular weight is 274 g/mol. The topological polar surface area (TPSA) is 41.0 Å². The number of piperidine rings is 1. The molecule has 1 saturated heterocycles. The van der Waals surface area contributed by atoms with Gasteiger partial charge in [-0.15, -0.1) is 5.10 Å². The van der Waals surface area contributed by atoms with Gasteiger partial charge in [0.25, 0.3) is 0 Å². The Morgan fingerprint density at radius 3 is 2.65 bits per heavy atom. The van der Waals surface area contributed by atoms with E-state index in [0.717, 1.165) is 42.5 Å². The lowest BCUT2D eigenvalue weighted by Gasteiger charge is -2.41. The molecule has 0 spiro atoms. The third-order valence-corrected chi connectivity index (χ3v) is 4.75. The Hall–Kier alpha value is -1.16. The van der Waals surface area contributed by atoms with Crippen LogP contribution >= 0.6 is 0 Å². The second-order valence-electron chi connectivity index (χ2n) is 6.75. The van der Waals surface area contributed by atoms with Crippen LogP contribution in [0.2, 0.25) is 0 Å². The van der Waals surface area contributed by atoms with Crippen molar-refractivity contribution in [2.24, 2.45) is 11.8 Å². The van der Waals surface area contributed by atoms with E-state index >= 15 is 0 Å². The second-order valence-corrected chi connectivity index (χ2v) is 6.75. The van der Waals surface area contributed by atoms with Crippen LogP contribution in [-0.4, -0.2) is 28.8 Å². The summed E-state index contributed by atoms with van der Waals surface area (Å²) in [5.41, 5.74) is 1.05. The van der Waals surface area contributed by atoms with Crippen molar-refractivity contribution in [1.29, 1.82) is 0 Å². The van der Waals surface area contributed by atoms with E-state index in [9.17, 15) is 0 Å². The molecule has 4 heteroatoms. The Bertz CT molecular complexity index is 440. The highest BCUT2D eigenvalue weighted by atomic mass is 15.3. The van der Waals surface area contributed by atoms with E-state index in [1.807, 2.05) is 0 Å². The summed E-state index contributed by atoms with van der Waals surface area (Å²) < 4.78 is 0. The molecule has 1 aliphatic heterocycles. The predicted octanol–water partition coefficient (Wildman–Crippen LogP) is 2.60.